The fourth-order valence-corrected chi connectivity index (χ4v) is 2.53. The molecule has 0 bridgehead atoms. The minimum Gasteiger partial charge on any atom is -0.481 e. The van der Waals surface area contributed by atoms with E-state index in [-0.39, 0.29) is 17.9 Å². The Morgan fingerprint density at radius 1 is 1.20 bits per heavy atom. The Morgan fingerprint density at radius 3 is 2.52 bits per heavy atom. The molecular weight excluding hydrogens is 314 g/mol. The second-order valence-corrected chi connectivity index (χ2v) is 7.03. The van der Waals surface area contributed by atoms with Crippen molar-refractivity contribution in [1.82, 2.24) is 5.32 Å². The Hall–Kier alpha value is -2.33. The first-order valence-corrected chi connectivity index (χ1v) is 8.53. The first kappa shape index (κ1) is 19.0. The van der Waals surface area contributed by atoms with Crippen LogP contribution >= 0.6 is 0 Å². The van der Waals surface area contributed by atoms with Crippen LogP contribution in [0.2, 0.25) is 0 Å². The summed E-state index contributed by atoms with van der Waals surface area (Å²) >= 11 is 0. The Balaban J connectivity index is 1.93. The highest BCUT2D eigenvalue weighted by Gasteiger charge is 2.23. The number of hydrogen-bond acceptors (Lipinski definition) is 3. The fourth-order valence-electron chi connectivity index (χ4n) is 2.53. The van der Waals surface area contributed by atoms with Crippen molar-refractivity contribution in [3.05, 3.63) is 65.2 Å². The van der Waals surface area contributed by atoms with Crippen molar-refractivity contribution in [3.8, 4) is 5.75 Å². The van der Waals surface area contributed by atoms with E-state index in [0.29, 0.717) is 12.3 Å². The summed E-state index contributed by atoms with van der Waals surface area (Å²) in [5, 5.41) is 12.1. The lowest BCUT2D eigenvalue weighted by Gasteiger charge is -2.26. The van der Waals surface area contributed by atoms with Crippen LogP contribution in [-0.4, -0.2) is 23.7 Å². The fraction of sp³-hybridized carbons (Fsp3) is 0.381. The van der Waals surface area contributed by atoms with E-state index in [1.807, 2.05) is 6.07 Å². The molecule has 1 unspecified atom stereocenters. The van der Waals surface area contributed by atoms with Gasteiger partial charge in [0.1, 0.15) is 5.75 Å². The van der Waals surface area contributed by atoms with E-state index in [2.05, 4.69) is 50.4 Å². The SMILES string of the molecule is Cc1ccc(C(C)(C)CNC(=O)C(C)Oc2cccc(CO)c2)cc1. The maximum absolute atomic E-state index is 12.3. The van der Waals surface area contributed by atoms with Crippen molar-refractivity contribution in [3.63, 3.8) is 0 Å². The number of rotatable bonds is 7. The molecule has 2 aromatic carbocycles. The van der Waals surface area contributed by atoms with E-state index in [0.717, 1.165) is 5.56 Å². The number of benzene rings is 2. The van der Waals surface area contributed by atoms with Gasteiger partial charge < -0.3 is 15.2 Å². The van der Waals surface area contributed by atoms with E-state index < -0.39 is 6.10 Å². The van der Waals surface area contributed by atoms with Gasteiger partial charge in [0.25, 0.3) is 5.91 Å². The normalized spacial score (nSPS) is 12.5. The lowest BCUT2D eigenvalue weighted by molar-refractivity contribution is -0.127. The summed E-state index contributed by atoms with van der Waals surface area (Å²) in [7, 11) is 0. The first-order valence-electron chi connectivity index (χ1n) is 8.53. The minimum absolute atomic E-state index is 0.0531. The summed E-state index contributed by atoms with van der Waals surface area (Å²) in [5.41, 5.74) is 2.99. The number of carbonyl (C=O) groups excluding carboxylic acids is 1. The number of carbonyl (C=O) groups is 1. The van der Waals surface area contributed by atoms with Gasteiger partial charge in [0, 0.05) is 12.0 Å². The quantitative estimate of drug-likeness (QED) is 0.812. The molecule has 4 nitrogen and oxygen atoms in total. The molecule has 0 heterocycles. The summed E-state index contributed by atoms with van der Waals surface area (Å²) in [4.78, 5) is 12.3. The molecule has 0 aromatic heterocycles. The van der Waals surface area contributed by atoms with E-state index in [1.54, 1.807) is 25.1 Å². The van der Waals surface area contributed by atoms with E-state index in [9.17, 15) is 4.79 Å². The van der Waals surface area contributed by atoms with Gasteiger partial charge in [-0.05, 0) is 37.1 Å². The molecule has 0 spiro atoms. The third-order valence-electron chi connectivity index (χ3n) is 4.30. The molecule has 25 heavy (non-hydrogen) atoms. The van der Waals surface area contributed by atoms with E-state index in [4.69, 9.17) is 9.84 Å². The van der Waals surface area contributed by atoms with Crippen LogP contribution in [0.4, 0.5) is 0 Å². The standard InChI is InChI=1S/C21H27NO3/c1-15-8-10-18(11-9-15)21(3,4)14-22-20(24)16(2)25-19-7-5-6-17(12-19)13-23/h5-12,16,23H,13-14H2,1-4H3,(H,22,24). The molecule has 134 valence electrons. The van der Waals surface area contributed by atoms with Crippen molar-refractivity contribution < 1.29 is 14.6 Å². The topological polar surface area (TPSA) is 58.6 Å². The molecule has 0 aliphatic heterocycles. The average Bonchev–Trinajstić information content (AvgIpc) is 2.60. The zero-order valence-electron chi connectivity index (χ0n) is 15.4. The number of aliphatic hydroxyl groups excluding tert-OH is 1. The largest absolute Gasteiger partial charge is 0.481 e. The molecule has 2 rings (SSSR count). The van der Waals surface area contributed by atoms with Crippen molar-refractivity contribution in [2.45, 2.75) is 45.8 Å². The molecule has 0 saturated carbocycles. The molecule has 1 atom stereocenters. The molecular formula is C21H27NO3. The summed E-state index contributed by atoms with van der Waals surface area (Å²) in [6.07, 6.45) is -0.609. The van der Waals surface area contributed by atoms with Crippen LogP contribution in [0, 0.1) is 6.92 Å². The van der Waals surface area contributed by atoms with Crippen molar-refractivity contribution in [2.75, 3.05) is 6.54 Å². The van der Waals surface area contributed by atoms with Gasteiger partial charge in [0.15, 0.2) is 6.10 Å². The number of aryl methyl sites for hydroxylation is 1. The Kier molecular flexibility index (Phi) is 6.21. The molecule has 0 radical (unpaired) electrons. The second kappa shape index (κ2) is 8.17. The van der Waals surface area contributed by atoms with Gasteiger partial charge in [0.2, 0.25) is 0 Å². The zero-order valence-corrected chi connectivity index (χ0v) is 15.4. The first-order chi connectivity index (χ1) is 11.8. The van der Waals surface area contributed by atoms with Crippen LogP contribution in [0.5, 0.6) is 5.75 Å². The zero-order chi connectivity index (χ0) is 18.4. The molecule has 0 saturated heterocycles. The molecule has 0 aliphatic carbocycles. The monoisotopic (exact) mass is 341 g/mol. The summed E-state index contributed by atoms with van der Waals surface area (Å²) in [5.74, 6) is 0.418. The third kappa shape index (κ3) is 5.33. The van der Waals surface area contributed by atoms with Gasteiger partial charge in [-0.2, -0.15) is 0 Å². The second-order valence-electron chi connectivity index (χ2n) is 7.03. The molecule has 2 N–H and O–H groups in total. The number of amides is 1. The van der Waals surface area contributed by atoms with Crippen LogP contribution < -0.4 is 10.1 Å². The van der Waals surface area contributed by atoms with Gasteiger partial charge in [-0.25, -0.2) is 0 Å². The van der Waals surface area contributed by atoms with Crippen molar-refractivity contribution in [2.24, 2.45) is 0 Å². The van der Waals surface area contributed by atoms with E-state index >= 15 is 0 Å². The highest BCUT2D eigenvalue weighted by atomic mass is 16.5. The highest BCUT2D eigenvalue weighted by molar-refractivity contribution is 5.80. The molecule has 1 amide bonds. The molecule has 0 aliphatic rings. The van der Waals surface area contributed by atoms with Crippen molar-refractivity contribution in [1.29, 1.82) is 0 Å². The van der Waals surface area contributed by atoms with Crippen LogP contribution in [-0.2, 0) is 16.8 Å². The van der Waals surface area contributed by atoms with E-state index in [1.165, 1.54) is 11.1 Å². The Morgan fingerprint density at radius 2 is 1.88 bits per heavy atom. The Labute approximate surface area is 149 Å². The van der Waals surface area contributed by atoms with Crippen LogP contribution in [0.3, 0.4) is 0 Å². The number of nitrogens with one attached hydrogen (secondary N) is 1. The van der Waals surface area contributed by atoms with Crippen molar-refractivity contribution >= 4 is 5.91 Å². The average molecular weight is 341 g/mol. The molecule has 0 fully saturated rings. The predicted molar refractivity (Wildman–Crippen MR) is 99.7 cm³/mol. The smallest absolute Gasteiger partial charge is 0.260 e. The van der Waals surface area contributed by atoms with Crippen LogP contribution in [0.15, 0.2) is 48.5 Å². The predicted octanol–water partition coefficient (Wildman–Crippen LogP) is 3.35. The third-order valence-corrected chi connectivity index (χ3v) is 4.30. The molecule has 2 aromatic rings. The maximum Gasteiger partial charge on any atom is 0.260 e. The lowest BCUT2D eigenvalue weighted by Crippen LogP contribution is -2.42. The number of ether oxygens (including phenoxy) is 1. The van der Waals surface area contributed by atoms with Gasteiger partial charge >= 0.3 is 0 Å². The summed E-state index contributed by atoms with van der Waals surface area (Å²) in [6.45, 7) is 8.47. The summed E-state index contributed by atoms with van der Waals surface area (Å²) in [6, 6.07) is 15.5. The van der Waals surface area contributed by atoms with Crippen LogP contribution in [0.1, 0.15) is 37.5 Å². The van der Waals surface area contributed by atoms with Gasteiger partial charge in [-0.1, -0.05) is 55.8 Å². The highest BCUT2D eigenvalue weighted by Crippen LogP contribution is 2.22. The lowest BCUT2D eigenvalue weighted by atomic mass is 9.84. The van der Waals surface area contributed by atoms with Gasteiger partial charge in [-0.3, -0.25) is 4.79 Å². The van der Waals surface area contributed by atoms with Gasteiger partial charge in [0.05, 0.1) is 6.61 Å². The molecule has 4 heteroatoms. The summed E-state index contributed by atoms with van der Waals surface area (Å²) < 4.78 is 5.68. The minimum atomic E-state index is -0.609. The number of hydrogen-bond donors (Lipinski definition) is 2. The maximum atomic E-state index is 12.3. The van der Waals surface area contributed by atoms with Gasteiger partial charge in [-0.15, -0.1) is 0 Å². The van der Waals surface area contributed by atoms with Crippen LogP contribution in [0.25, 0.3) is 0 Å². The number of aliphatic hydroxyl groups is 1. The Bertz CT molecular complexity index is 707.